The summed E-state index contributed by atoms with van der Waals surface area (Å²) in [5.41, 5.74) is 2.78. The van der Waals surface area contributed by atoms with Gasteiger partial charge in [-0.15, -0.1) is 0 Å². The standard InChI is InChI=1S/C21H32N4O/c1-16-22-13-19(23-16)15-24-11-10-20-18(14-24)7-8-21(26)25(20)12-9-17-5-3-2-4-6-17/h5,13,18,20H,2-4,6-12,14-15H2,1H3,(H,22,23)/t18-,20+/m0/s1. The molecule has 1 aliphatic carbocycles. The van der Waals surface area contributed by atoms with E-state index < -0.39 is 0 Å². The smallest absolute Gasteiger partial charge is 0.222 e. The van der Waals surface area contributed by atoms with Gasteiger partial charge in [0.05, 0.1) is 0 Å². The maximum absolute atomic E-state index is 12.6. The molecule has 2 aliphatic heterocycles. The minimum absolute atomic E-state index is 0.389. The lowest BCUT2D eigenvalue weighted by Crippen LogP contribution is -2.56. The molecule has 0 saturated carbocycles. The third kappa shape index (κ3) is 4.03. The molecule has 142 valence electrons. The van der Waals surface area contributed by atoms with Gasteiger partial charge in [-0.3, -0.25) is 9.69 Å². The number of allylic oxidation sites excluding steroid dienone is 1. The van der Waals surface area contributed by atoms with E-state index in [0.29, 0.717) is 17.9 Å². The minimum atomic E-state index is 0.389. The highest BCUT2D eigenvalue weighted by molar-refractivity contribution is 5.77. The summed E-state index contributed by atoms with van der Waals surface area (Å²) in [5, 5.41) is 0. The van der Waals surface area contributed by atoms with E-state index in [4.69, 9.17) is 0 Å². The predicted molar refractivity (Wildman–Crippen MR) is 103 cm³/mol. The molecule has 1 amide bonds. The van der Waals surface area contributed by atoms with E-state index >= 15 is 0 Å². The van der Waals surface area contributed by atoms with Crippen LogP contribution in [0.15, 0.2) is 17.8 Å². The first-order valence-electron chi connectivity index (χ1n) is 10.4. The van der Waals surface area contributed by atoms with Gasteiger partial charge in [0, 0.05) is 50.5 Å². The van der Waals surface area contributed by atoms with Crippen LogP contribution in [-0.4, -0.2) is 51.4 Å². The number of aromatic nitrogens is 2. The third-order valence-electron chi connectivity index (χ3n) is 6.44. The molecule has 1 N–H and O–H groups in total. The number of rotatable bonds is 5. The number of amides is 1. The summed E-state index contributed by atoms with van der Waals surface area (Å²) in [6.45, 7) is 6.07. The highest BCUT2D eigenvalue weighted by Crippen LogP contribution is 2.32. The van der Waals surface area contributed by atoms with Gasteiger partial charge in [-0.25, -0.2) is 4.98 Å². The van der Waals surface area contributed by atoms with Gasteiger partial charge < -0.3 is 9.88 Å². The van der Waals surface area contributed by atoms with Crippen LogP contribution in [0.5, 0.6) is 0 Å². The van der Waals surface area contributed by atoms with Gasteiger partial charge >= 0.3 is 0 Å². The Morgan fingerprint density at radius 3 is 2.96 bits per heavy atom. The third-order valence-corrected chi connectivity index (χ3v) is 6.44. The lowest BCUT2D eigenvalue weighted by Gasteiger charge is -2.47. The normalized spacial score (nSPS) is 27.3. The number of carbonyl (C=O) groups excluding carboxylic acids is 1. The molecule has 0 bridgehead atoms. The van der Waals surface area contributed by atoms with Crippen LogP contribution in [0.2, 0.25) is 0 Å². The number of aryl methyl sites for hydroxylation is 1. The van der Waals surface area contributed by atoms with E-state index in [2.05, 4.69) is 25.8 Å². The molecule has 5 nitrogen and oxygen atoms in total. The summed E-state index contributed by atoms with van der Waals surface area (Å²) in [6, 6.07) is 0.459. The van der Waals surface area contributed by atoms with E-state index in [1.54, 1.807) is 5.57 Å². The van der Waals surface area contributed by atoms with Gasteiger partial charge in [0.1, 0.15) is 5.82 Å². The van der Waals surface area contributed by atoms with Crippen LogP contribution >= 0.6 is 0 Å². The molecule has 2 saturated heterocycles. The summed E-state index contributed by atoms with van der Waals surface area (Å²) in [6.07, 6.45) is 13.5. The van der Waals surface area contributed by atoms with Crippen LogP contribution in [0, 0.1) is 12.8 Å². The number of H-pyrrole nitrogens is 1. The first-order valence-corrected chi connectivity index (χ1v) is 10.4. The Balaban J connectivity index is 1.34. The van der Waals surface area contributed by atoms with Crippen molar-refractivity contribution in [1.82, 2.24) is 19.8 Å². The molecule has 0 spiro atoms. The summed E-state index contributed by atoms with van der Waals surface area (Å²) in [5.74, 6) is 2.01. The number of piperidine rings is 2. The second-order valence-corrected chi connectivity index (χ2v) is 8.33. The van der Waals surface area contributed by atoms with E-state index in [9.17, 15) is 4.79 Å². The van der Waals surface area contributed by atoms with Crippen LogP contribution in [0.3, 0.4) is 0 Å². The van der Waals surface area contributed by atoms with Gasteiger partial charge in [-0.1, -0.05) is 11.6 Å². The number of carbonyl (C=O) groups is 1. The number of imidazole rings is 1. The molecule has 2 atom stereocenters. The summed E-state index contributed by atoms with van der Waals surface area (Å²) >= 11 is 0. The molecular weight excluding hydrogens is 324 g/mol. The number of nitrogens with one attached hydrogen (secondary N) is 1. The second-order valence-electron chi connectivity index (χ2n) is 8.33. The first-order chi connectivity index (χ1) is 12.7. The number of aromatic amines is 1. The topological polar surface area (TPSA) is 52.2 Å². The maximum atomic E-state index is 12.6. The Hall–Kier alpha value is -1.62. The molecule has 3 aliphatic rings. The van der Waals surface area contributed by atoms with Crippen molar-refractivity contribution >= 4 is 5.91 Å². The summed E-state index contributed by atoms with van der Waals surface area (Å²) in [4.78, 5) is 25.0. The van der Waals surface area contributed by atoms with E-state index in [1.807, 2.05) is 13.1 Å². The quantitative estimate of drug-likeness (QED) is 0.823. The maximum Gasteiger partial charge on any atom is 0.222 e. The Morgan fingerprint density at radius 1 is 1.27 bits per heavy atom. The summed E-state index contributed by atoms with van der Waals surface area (Å²) < 4.78 is 0. The largest absolute Gasteiger partial charge is 0.345 e. The molecule has 0 radical (unpaired) electrons. The number of hydrogen-bond donors (Lipinski definition) is 1. The fourth-order valence-electron chi connectivity index (χ4n) is 5.05. The van der Waals surface area contributed by atoms with E-state index in [1.165, 1.54) is 31.4 Å². The molecule has 2 fully saturated rings. The monoisotopic (exact) mass is 356 g/mol. The van der Waals surface area contributed by atoms with Crippen LogP contribution in [-0.2, 0) is 11.3 Å². The number of nitrogens with zero attached hydrogens (tertiary/aromatic N) is 3. The molecular formula is C21H32N4O. The van der Waals surface area contributed by atoms with Crippen molar-refractivity contribution in [2.24, 2.45) is 5.92 Å². The average Bonchev–Trinajstić information content (AvgIpc) is 3.06. The molecule has 26 heavy (non-hydrogen) atoms. The van der Waals surface area contributed by atoms with Crippen molar-refractivity contribution in [1.29, 1.82) is 0 Å². The zero-order valence-corrected chi connectivity index (χ0v) is 16.0. The molecule has 5 heteroatoms. The van der Waals surface area contributed by atoms with E-state index in [0.717, 1.165) is 57.7 Å². The van der Waals surface area contributed by atoms with Gasteiger partial charge in [-0.2, -0.15) is 0 Å². The zero-order chi connectivity index (χ0) is 17.9. The molecule has 3 heterocycles. The first kappa shape index (κ1) is 17.8. The number of fused-ring (bicyclic) bond motifs is 1. The molecule has 0 unspecified atom stereocenters. The minimum Gasteiger partial charge on any atom is -0.345 e. The molecule has 1 aromatic rings. The highest BCUT2D eigenvalue weighted by atomic mass is 16.2. The fourth-order valence-corrected chi connectivity index (χ4v) is 5.05. The van der Waals surface area contributed by atoms with Crippen molar-refractivity contribution in [3.63, 3.8) is 0 Å². The Bertz CT molecular complexity index is 665. The van der Waals surface area contributed by atoms with Crippen LogP contribution < -0.4 is 0 Å². The van der Waals surface area contributed by atoms with Crippen molar-refractivity contribution in [3.8, 4) is 0 Å². The van der Waals surface area contributed by atoms with Crippen LogP contribution in [0.4, 0.5) is 0 Å². The number of hydrogen-bond acceptors (Lipinski definition) is 3. The lowest BCUT2D eigenvalue weighted by atomic mass is 9.83. The van der Waals surface area contributed by atoms with Gasteiger partial charge in [0.2, 0.25) is 5.91 Å². The summed E-state index contributed by atoms with van der Waals surface area (Å²) in [7, 11) is 0. The molecule has 1 aromatic heterocycles. The SMILES string of the molecule is Cc1ncc(CN2CC[C@@H]3[C@@H](CCC(=O)N3CCC3=CCCCC3)C2)[nH]1. The zero-order valence-electron chi connectivity index (χ0n) is 16.0. The van der Waals surface area contributed by atoms with Crippen LogP contribution in [0.25, 0.3) is 0 Å². The lowest BCUT2D eigenvalue weighted by molar-refractivity contribution is -0.141. The van der Waals surface area contributed by atoms with E-state index in [-0.39, 0.29) is 0 Å². The fraction of sp³-hybridized carbons (Fsp3) is 0.714. The second kappa shape index (κ2) is 7.95. The van der Waals surface area contributed by atoms with Crippen molar-refractivity contribution in [2.45, 2.75) is 70.9 Å². The highest BCUT2D eigenvalue weighted by Gasteiger charge is 2.39. The van der Waals surface area contributed by atoms with Gasteiger partial charge in [0.25, 0.3) is 0 Å². The van der Waals surface area contributed by atoms with Crippen molar-refractivity contribution in [3.05, 3.63) is 29.4 Å². The Morgan fingerprint density at radius 2 is 2.19 bits per heavy atom. The van der Waals surface area contributed by atoms with Gasteiger partial charge in [0.15, 0.2) is 0 Å². The Kier molecular flexibility index (Phi) is 5.44. The van der Waals surface area contributed by atoms with Crippen molar-refractivity contribution < 1.29 is 4.79 Å². The van der Waals surface area contributed by atoms with Gasteiger partial charge in [-0.05, 0) is 57.8 Å². The average molecular weight is 357 g/mol. The molecule has 0 aromatic carbocycles. The van der Waals surface area contributed by atoms with Crippen LogP contribution in [0.1, 0.15) is 62.9 Å². The predicted octanol–water partition coefficient (Wildman–Crippen LogP) is 3.42. The molecule has 4 rings (SSSR count). The van der Waals surface area contributed by atoms with Crippen molar-refractivity contribution in [2.75, 3.05) is 19.6 Å². The Labute approximate surface area is 156 Å². The number of likely N-dealkylation sites (tertiary alicyclic amines) is 2.